The number of hydrogen-bond acceptors (Lipinski definition) is 2. The fourth-order valence-electron chi connectivity index (χ4n) is 2.53. The Bertz CT molecular complexity index is 152. The summed E-state index contributed by atoms with van der Waals surface area (Å²) in [5, 5.41) is 12.1. The standard InChI is InChI=1S/C10H22N4.2BrH/c1-8(9-11-4-2-5-12-9)10-13-6-3-7-14-10;;/h8-14H,2-7H2,1H3;2*1H. The van der Waals surface area contributed by atoms with Gasteiger partial charge in [-0.3, -0.25) is 10.6 Å². The number of nitrogens with one attached hydrogen (secondary N) is 2. The quantitative estimate of drug-likeness (QED) is 0.396. The van der Waals surface area contributed by atoms with E-state index in [9.17, 15) is 0 Å². The number of halogens is 2. The van der Waals surface area contributed by atoms with Gasteiger partial charge in [0.2, 0.25) is 0 Å². The molecule has 6 heteroatoms. The summed E-state index contributed by atoms with van der Waals surface area (Å²) in [6.07, 6.45) is 3.86. The van der Waals surface area contributed by atoms with Crippen molar-refractivity contribution in [2.45, 2.75) is 32.1 Å². The Morgan fingerprint density at radius 1 is 0.938 bits per heavy atom. The molecule has 0 bridgehead atoms. The molecule has 0 saturated carbocycles. The largest absolute Gasteiger partial charge is 1.00 e. The van der Waals surface area contributed by atoms with E-state index in [4.69, 9.17) is 0 Å². The molecule has 2 unspecified atom stereocenters. The first-order valence-corrected chi connectivity index (χ1v) is 6.01. The van der Waals surface area contributed by atoms with E-state index >= 15 is 0 Å². The van der Waals surface area contributed by atoms with Crippen LogP contribution in [0.2, 0.25) is 0 Å². The Morgan fingerprint density at radius 3 is 1.69 bits per heavy atom. The average Bonchev–Trinajstić information content (AvgIpc) is 2.30. The Hall–Kier alpha value is 0.800. The third-order valence-electron chi connectivity index (χ3n) is 3.50. The molecule has 4 nitrogen and oxygen atoms in total. The summed E-state index contributed by atoms with van der Waals surface area (Å²) in [6, 6.07) is 0. The predicted octanol–water partition coefficient (Wildman–Crippen LogP) is -8.60. The molecule has 2 aliphatic rings. The molecule has 0 aromatic carbocycles. The van der Waals surface area contributed by atoms with Gasteiger partial charge in [0.1, 0.15) is 12.3 Å². The highest BCUT2D eigenvalue weighted by molar-refractivity contribution is 4.71. The zero-order valence-corrected chi connectivity index (χ0v) is 13.1. The van der Waals surface area contributed by atoms with Gasteiger partial charge in [-0.25, -0.2) is 0 Å². The third kappa shape index (κ3) is 4.58. The summed E-state index contributed by atoms with van der Waals surface area (Å²) < 4.78 is 0. The minimum Gasteiger partial charge on any atom is -1.00 e. The van der Waals surface area contributed by atoms with Gasteiger partial charge in [-0.15, -0.1) is 0 Å². The maximum Gasteiger partial charge on any atom is 0.149 e. The number of nitrogens with two attached hydrogens (primary N) is 2. The molecule has 0 radical (unpaired) electrons. The lowest BCUT2D eigenvalue weighted by Crippen LogP contribution is -3.03. The molecule has 2 saturated heterocycles. The number of hydrogen-bond donors (Lipinski definition) is 4. The second-order valence-electron chi connectivity index (χ2n) is 4.57. The Kier molecular flexibility index (Phi) is 9.27. The van der Waals surface area contributed by atoms with E-state index in [2.05, 4.69) is 28.2 Å². The fraction of sp³-hybridized carbons (Fsp3) is 1.00. The zero-order chi connectivity index (χ0) is 9.80. The van der Waals surface area contributed by atoms with Gasteiger partial charge >= 0.3 is 0 Å². The van der Waals surface area contributed by atoms with Crippen LogP contribution in [0, 0.1) is 5.92 Å². The van der Waals surface area contributed by atoms with Gasteiger partial charge in [0.25, 0.3) is 0 Å². The molecule has 0 aromatic heterocycles. The van der Waals surface area contributed by atoms with Gasteiger partial charge in [-0.1, -0.05) is 0 Å². The van der Waals surface area contributed by atoms with Crippen molar-refractivity contribution in [1.82, 2.24) is 10.6 Å². The molecule has 6 N–H and O–H groups in total. The molecule has 16 heavy (non-hydrogen) atoms. The Labute approximate surface area is 119 Å². The highest BCUT2D eigenvalue weighted by Crippen LogP contribution is 2.02. The van der Waals surface area contributed by atoms with E-state index in [-0.39, 0.29) is 34.0 Å². The monoisotopic (exact) mass is 358 g/mol. The van der Waals surface area contributed by atoms with Crippen molar-refractivity contribution in [2.24, 2.45) is 5.92 Å². The maximum absolute atomic E-state index is 3.60. The minimum atomic E-state index is 0. The van der Waals surface area contributed by atoms with Crippen LogP contribution in [0.3, 0.4) is 0 Å². The van der Waals surface area contributed by atoms with Crippen LogP contribution in [-0.4, -0.2) is 38.5 Å². The average molecular weight is 360 g/mol. The second-order valence-corrected chi connectivity index (χ2v) is 4.57. The van der Waals surface area contributed by atoms with E-state index < -0.39 is 0 Å². The smallest absolute Gasteiger partial charge is 0.149 e. The minimum absolute atomic E-state index is 0. The SMILES string of the molecule is CC(C1NCCC[NH2+]1)C1NCCC[NH2+]1.[Br-].[Br-]. The van der Waals surface area contributed by atoms with E-state index in [1.165, 1.54) is 39.0 Å². The predicted molar refractivity (Wildman–Crippen MR) is 55.6 cm³/mol. The van der Waals surface area contributed by atoms with Crippen molar-refractivity contribution in [2.75, 3.05) is 26.2 Å². The first kappa shape index (κ1) is 16.8. The van der Waals surface area contributed by atoms with E-state index in [0.29, 0.717) is 18.2 Å². The van der Waals surface area contributed by atoms with Crippen LogP contribution in [-0.2, 0) is 0 Å². The highest BCUT2D eigenvalue weighted by Gasteiger charge is 2.32. The molecule has 0 aromatic rings. The van der Waals surface area contributed by atoms with Crippen molar-refractivity contribution in [3.8, 4) is 0 Å². The molecule has 98 valence electrons. The van der Waals surface area contributed by atoms with Gasteiger partial charge in [-0.05, 0) is 6.92 Å². The summed E-state index contributed by atoms with van der Waals surface area (Å²) in [7, 11) is 0. The lowest BCUT2D eigenvalue weighted by Gasteiger charge is -2.33. The number of quaternary nitrogens is 2. The Morgan fingerprint density at radius 2 is 1.38 bits per heavy atom. The summed E-state index contributed by atoms with van der Waals surface area (Å²) in [5.74, 6) is 0.704. The molecule has 0 spiro atoms. The van der Waals surface area contributed by atoms with Crippen molar-refractivity contribution in [3.63, 3.8) is 0 Å². The van der Waals surface area contributed by atoms with Gasteiger partial charge < -0.3 is 44.6 Å². The first-order valence-electron chi connectivity index (χ1n) is 6.01. The molecule has 2 atom stereocenters. The van der Waals surface area contributed by atoms with Crippen molar-refractivity contribution in [3.05, 3.63) is 0 Å². The molecular weight excluding hydrogens is 336 g/mol. The van der Waals surface area contributed by atoms with Crippen LogP contribution in [0.4, 0.5) is 0 Å². The number of rotatable bonds is 2. The van der Waals surface area contributed by atoms with Gasteiger partial charge in [-0.2, -0.15) is 0 Å². The van der Waals surface area contributed by atoms with Crippen LogP contribution in [0.5, 0.6) is 0 Å². The normalized spacial score (nSPS) is 32.1. The highest BCUT2D eigenvalue weighted by atomic mass is 79.9. The molecule has 2 fully saturated rings. The van der Waals surface area contributed by atoms with Crippen LogP contribution < -0.4 is 55.2 Å². The molecule has 0 amide bonds. The van der Waals surface area contributed by atoms with Crippen molar-refractivity contribution >= 4 is 0 Å². The second kappa shape index (κ2) is 8.83. The summed E-state index contributed by atoms with van der Waals surface area (Å²) in [6.45, 7) is 7.32. The van der Waals surface area contributed by atoms with E-state index in [1.54, 1.807) is 0 Å². The maximum atomic E-state index is 3.60. The van der Waals surface area contributed by atoms with Crippen LogP contribution >= 0.6 is 0 Å². The molecule has 2 heterocycles. The molecular formula is C10H24Br2N4. The fourth-order valence-corrected chi connectivity index (χ4v) is 2.53. The van der Waals surface area contributed by atoms with Crippen molar-refractivity contribution in [1.29, 1.82) is 0 Å². The van der Waals surface area contributed by atoms with E-state index in [0.717, 1.165) is 0 Å². The molecule has 2 aliphatic heterocycles. The van der Waals surface area contributed by atoms with Gasteiger partial charge in [0.05, 0.1) is 19.0 Å². The summed E-state index contributed by atoms with van der Waals surface area (Å²) in [5.41, 5.74) is 0. The summed E-state index contributed by atoms with van der Waals surface area (Å²) >= 11 is 0. The molecule has 2 rings (SSSR count). The van der Waals surface area contributed by atoms with Gasteiger partial charge in [0, 0.05) is 25.9 Å². The van der Waals surface area contributed by atoms with Crippen LogP contribution in [0.25, 0.3) is 0 Å². The van der Waals surface area contributed by atoms with Gasteiger partial charge in [0.15, 0.2) is 0 Å². The van der Waals surface area contributed by atoms with E-state index in [1.807, 2.05) is 0 Å². The van der Waals surface area contributed by atoms with Crippen LogP contribution in [0.15, 0.2) is 0 Å². The Balaban J connectivity index is 0.00000112. The first-order chi connectivity index (χ1) is 6.88. The lowest BCUT2D eigenvalue weighted by molar-refractivity contribution is -0.743. The third-order valence-corrected chi connectivity index (χ3v) is 3.50. The topological polar surface area (TPSA) is 57.3 Å². The molecule has 0 aliphatic carbocycles. The van der Waals surface area contributed by atoms with Crippen LogP contribution in [0.1, 0.15) is 19.8 Å². The zero-order valence-electron chi connectivity index (χ0n) is 9.89. The van der Waals surface area contributed by atoms with Crippen molar-refractivity contribution < 1.29 is 44.6 Å². The lowest BCUT2D eigenvalue weighted by atomic mass is 10.0. The summed E-state index contributed by atoms with van der Waals surface area (Å²) in [4.78, 5) is 0.